The first-order valence-corrected chi connectivity index (χ1v) is 6.26. The average molecular weight is 241 g/mol. The number of aromatic nitrogens is 2. The summed E-state index contributed by atoms with van der Waals surface area (Å²) in [5, 5.41) is 5.34. The van der Waals surface area contributed by atoms with Gasteiger partial charge in [-0.25, -0.2) is 4.79 Å². The third kappa shape index (κ3) is 1.57. The lowest BCUT2D eigenvalue weighted by molar-refractivity contribution is 0.456. The summed E-state index contributed by atoms with van der Waals surface area (Å²) in [5.41, 5.74) is 1.87. The van der Waals surface area contributed by atoms with E-state index < -0.39 is 0 Å². The van der Waals surface area contributed by atoms with Gasteiger partial charge in [0, 0.05) is 12.4 Å². The van der Waals surface area contributed by atoms with Crippen LogP contribution in [0.3, 0.4) is 0 Å². The van der Waals surface area contributed by atoms with Crippen LogP contribution in [0.4, 0.5) is 0 Å². The van der Waals surface area contributed by atoms with Crippen LogP contribution < -0.4 is 0 Å². The number of hydrogen-bond donors (Lipinski definition) is 0. The summed E-state index contributed by atoms with van der Waals surface area (Å²) >= 11 is 0. The van der Waals surface area contributed by atoms with E-state index in [0.29, 0.717) is 0 Å². The fourth-order valence-electron chi connectivity index (χ4n) is 2.97. The number of aliphatic imine (C=N–C) groups is 1. The van der Waals surface area contributed by atoms with E-state index in [-0.39, 0.29) is 5.54 Å². The minimum Gasteiger partial charge on any atom is -0.268 e. The van der Waals surface area contributed by atoms with Gasteiger partial charge in [0.25, 0.3) is 0 Å². The molecular weight excluding hydrogens is 226 g/mol. The lowest BCUT2D eigenvalue weighted by Crippen LogP contribution is -2.18. The molecule has 0 aliphatic heterocycles. The van der Waals surface area contributed by atoms with Crippen LogP contribution in [0.5, 0.6) is 0 Å². The molecule has 3 rings (SSSR count). The number of fused-ring (bicyclic) bond motifs is 1. The Bertz CT molecular complexity index is 632. The molecule has 1 saturated carbocycles. The Morgan fingerprint density at radius 3 is 2.89 bits per heavy atom. The molecule has 0 amide bonds. The largest absolute Gasteiger partial charge is 0.268 e. The van der Waals surface area contributed by atoms with Gasteiger partial charge in [0.2, 0.25) is 6.08 Å². The molecule has 1 aromatic heterocycles. The van der Waals surface area contributed by atoms with E-state index in [9.17, 15) is 4.79 Å². The number of benzene rings is 1. The quantitative estimate of drug-likeness (QED) is 0.599. The Morgan fingerprint density at radius 1 is 1.39 bits per heavy atom. The molecule has 0 atom stereocenters. The molecule has 4 nitrogen and oxygen atoms in total. The normalized spacial score (nSPS) is 17.8. The maximum atomic E-state index is 10.7. The van der Waals surface area contributed by atoms with E-state index in [1.165, 1.54) is 0 Å². The van der Waals surface area contributed by atoms with Crippen LogP contribution in [0.2, 0.25) is 0 Å². The molecule has 1 aromatic carbocycles. The van der Waals surface area contributed by atoms with Gasteiger partial charge in [0.05, 0.1) is 17.3 Å². The van der Waals surface area contributed by atoms with Crippen LogP contribution in [0.1, 0.15) is 31.2 Å². The number of rotatable bonds is 2. The van der Waals surface area contributed by atoms with Crippen molar-refractivity contribution in [2.75, 3.05) is 0 Å². The monoisotopic (exact) mass is 241 g/mol. The van der Waals surface area contributed by atoms with Crippen LogP contribution in [-0.4, -0.2) is 15.9 Å². The van der Waals surface area contributed by atoms with E-state index >= 15 is 0 Å². The molecule has 1 aliphatic carbocycles. The van der Waals surface area contributed by atoms with Crippen molar-refractivity contribution < 1.29 is 4.79 Å². The fourth-order valence-corrected chi connectivity index (χ4v) is 2.97. The highest BCUT2D eigenvalue weighted by atomic mass is 16.1. The minimum absolute atomic E-state index is 0.341. The Morgan fingerprint density at radius 2 is 2.17 bits per heavy atom. The molecule has 0 unspecified atom stereocenters. The summed E-state index contributed by atoms with van der Waals surface area (Å²) in [6.45, 7) is 0. The van der Waals surface area contributed by atoms with Crippen molar-refractivity contribution in [3.8, 4) is 0 Å². The summed E-state index contributed by atoms with van der Waals surface area (Å²) in [6.07, 6.45) is 7.73. The fraction of sp³-hybridized carbons (Fsp3) is 0.429. The van der Waals surface area contributed by atoms with Gasteiger partial charge < -0.3 is 0 Å². The van der Waals surface area contributed by atoms with Gasteiger partial charge in [-0.05, 0) is 30.5 Å². The second kappa shape index (κ2) is 4.07. The minimum atomic E-state index is -0.341. The van der Waals surface area contributed by atoms with Crippen molar-refractivity contribution >= 4 is 17.0 Å². The lowest BCUT2D eigenvalue weighted by atomic mass is 9.88. The highest BCUT2D eigenvalue weighted by Gasteiger charge is 2.35. The van der Waals surface area contributed by atoms with Crippen molar-refractivity contribution in [1.29, 1.82) is 0 Å². The molecule has 1 aliphatic rings. The number of nitrogens with zero attached hydrogens (tertiary/aromatic N) is 3. The number of carbonyl (C=O) groups excluding carboxylic acids is 1. The average Bonchev–Trinajstić information content (AvgIpc) is 2.98. The molecular formula is C14H15N3O. The zero-order valence-corrected chi connectivity index (χ0v) is 10.4. The molecule has 0 N–H and O–H groups in total. The van der Waals surface area contributed by atoms with E-state index in [4.69, 9.17) is 0 Å². The summed E-state index contributed by atoms with van der Waals surface area (Å²) in [6, 6.07) is 6.22. The topological polar surface area (TPSA) is 47.2 Å². The van der Waals surface area contributed by atoms with Crippen molar-refractivity contribution in [2.24, 2.45) is 12.0 Å². The Kier molecular flexibility index (Phi) is 2.53. The predicted molar refractivity (Wildman–Crippen MR) is 69.0 cm³/mol. The molecule has 0 spiro atoms. The predicted octanol–water partition coefficient (Wildman–Crippen LogP) is 2.68. The molecule has 0 saturated heterocycles. The smallest absolute Gasteiger partial charge is 0.235 e. The molecule has 1 heterocycles. The van der Waals surface area contributed by atoms with Gasteiger partial charge in [-0.3, -0.25) is 4.68 Å². The van der Waals surface area contributed by atoms with Crippen LogP contribution in [0.25, 0.3) is 10.9 Å². The maximum absolute atomic E-state index is 10.7. The third-order valence-electron chi connectivity index (χ3n) is 3.97. The first-order valence-electron chi connectivity index (χ1n) is 6.26. The van der Waals surface area contributed by atoms with Crippen molar-refractivity contribution in [2.45, 2.75) is 31.2 Å². The van der Waals surface area contributed by atoms with Crippen LogP contribution in [0, 0.1) is 0 Å². The summed E-state index contributed by atoms with van der Waals surface area (Å²) in [5.74, 6) is 0. The van der Waals surface area contributed by atoms with Crippen molar-refractivity contribution in [3.63, 3.8) is 0 Å². The highest BCUT2D eigenvalue weighted by Crippen LogP contribution is 2.42. The second-order valence-electron chi connectivity index (χ2n) is 4.98. The van der Waals surface area contributed by atoms with E-state index in [1.54, 1.807) is 6.08 Å². The Labute approximate surface area is 105 Å². The molecule has 92 valence electrons. The van der Waals surface area contributed by atoms with Crippen LogP contribution in [-0.2, 0) is 17.4 Å². The maximum Gasteiger partial charge on any atom is 0.235 e. The second-order valence-corrected chi connectivity index (χ2v) is 4.98. The Hall–Kier alpha value is -1.93. The first-order chi connectivity index (χ1) is 8.75. The van der Waals surface area contributed by atoms with Gasteiger partial charge in [0.15, 0.2) is 0 Å². The SMILES string of the molecule is Cn1ncc2cc(C3(N=C=O)CCCC3)ccc21. The van der Waals surface area contributed by atoms with Crippen molar-refractivity contribution in [1.82, 2.24) is 9.78 Å². The first kappa shape index (κ1) is 11.2. The lowest BCUT2D eigenvalue weighted by Gasteiger charge is -2.22. The van der Waals surface area contributed by atoms with Gasteiger partial charge >= 0.3 is 0 Å². The van der Waals surface area contributed by atoms with Crippen LogP contribution in [0.15, 0.2) is 29.4 Å². The summed E-state index contributed by atoms with van der Waals surface area (Å²) < 4.78 is 1.85. The van der Waals surface area contributed by atoms with Gasteiger partial charge in [0.1, 0.15) is 0 Å². The summed E-state index contributed by atoms with van der Waals surface area (Å²) in [7, 11) is 1.93. The summed E-state index contributed by atoms with van der Waals surface area (Å²) in [4.78, 5) is 14.8. The molecule has 2 aromatic rings. The third-order valence-corrected chi connectivity index (χ3v) is 3.97. The van der Waals surface area contributed by atoms with E-state index in [0.717, 1.165) is 42.1 Å². The molecule has 4 heteroatoms. The Balaban J connectivity index is 2.15. The zero-order chi connectivity index (χ0) is 12.6. The number of isocyanates is 1. The molecule has 0 bridgehead atoms. The van der Waals surface area contributed by atoms with Gasteiger partial charge in [-0.1, -0.05) is 18.9 Å². The molecule has 0 radical (unpaired) electrons. The zero-order valence-electron chi connectivity index (χ0n) is 10.4. The number of hydrogen-bond acceptors (Lipinski definition) is 3. The van der Waals surface area contributed by atoms with Crippen molar-refractivity contribution in [3.05, 3.63) is 30.0 Å². The number of aryl methyl sites for hydroxylation is 1. The standard InChI is InChI=1S/C14H15N3O/c1-17-13-5-4-12(8-11(13)9-16-17)14(15-10-18)6-2-3-7-14/h4-5,8-9H,2-3,6-7H2,1H3. The highest BCUT2D eigenvalue weighted by molar-refractivity contribution is 5.79. The van der Waals surface area contributed by atoms with E-state index in [2.05, 4.69) is 28.3 Å². The molecule has 18 heavy (non-hydrogen) atoms. The van der Waals surface area contributed by atoms with E-state index in [1.807, 2.05) is 17.9 Å². The molecule has 1 fully saturated rings. The van der Waals surface area contributed by atoms with Gasteiger partial charge in [-0.2, -0.15) is 10.1 Å². The van der Waals surface area contributed by atoms with Crippen LogP contribution >= 0.6 is 0 Å². The van der Waals surface area contributed by atoms with Gasteiger partial charge in [-0.15, -0.1) is 0 Å².